The highest BCUT2D eigenvalue weighted by molar-refractivity contribution is 14.1. The summed E-state index contributed by atoms with van der Waals surface area (Å²) in [5.74, 6) is -0.273. The zero-order valence-corrected chi connectivity index (χ0v) is 12.7. The number of hydrogen-bond donors (Lipinski definition) is 0. The van der Waals surface area contributed by atoms with Crippen LogP contribution in [0.25, 0.3) is 11.1 Å². The molecular weight excluding hydrogens is 396 g/mol. The Kier molecular flexibility index (Phi) is 4.18. The van der Waals surface area contributed by atoms with Gasteiger partial charge >= 0.3 is 0 Å². The second-order valence-corrected chi connectivity index (χ2v) is 5.63. The van der Waals surface area contributed by atoms with Gasteiger partial charge in [0.1, 0.15) is 5.82 Å². The Bertz CT molecular complexity index is 561. The second-order valence-electron chi connectivity index (χ2n) is 3.36. The van der Waals surface area contributed by atoms with Crippen molar-refractivity contribution in [1.29, 1.82) is 0 Å². The van der Waals surface area contributed by atoms with E-state index in [4.69, 9.17) is 34.8 Å². The topological polar surface area (TPSA) is 0 Å². The molecule has 0 aromatic heterocycles. The fraction of sp³-hybridized carbons (Fsp3) is 0. The Morgan fingerprint density at radius 2 is 1.59 bits per heavy atom. The van der Waals surface area contributed by atoms with Gasteiger partial charge in [-0.1, -0.05) is 46.9 Å². The van der Waals surface area contributed by atoms with Gasteiger partial charge in [0, 0.05) is 0 Å². The Morgan fingerprint density at radius 1 is 1.00 bits per heavy atom. The summed E-state index contributed by atoms with van der Waals surface area (Å²) in [5, 5.41) is 1.02. The number of hydrogen-bond acceptors (Lipinski definition) is 0. The summed E-state index contributed by atoms with van der Waals surface area (Å²) < 4.78 is 14.0. The van der Waals surface area contributed by atoms with Gasteiger partial charge in [-0.25, -0.2) is 4.39 Å². The molecule has 0 saturated heterocycles. The number of halogens is 5. The normalized spacial score (nSPS) is 10.6. The first-order chi connectivity index (χ1) is 8.00. The standard InChI is InChI=1S/C12H5Cl3FI/c13-8-4-6(5-9(14)11(8)15)7-2-1-3-10(16)12(7)17/h1-5H. The van der Waals surface area contributed by atoms with Crippen molar-refractivity contribution in [3.05, 3.63) is 54.8 Å². The van der Waals surface area contributed by atoms with Crippen LogP contribution < -0.4 is 0 Å². The molecule has 2 aromatic carbocycles. The van der Waals surface area contributed by atoms with E-state index < -0.39 is 0 Å². The van der Waals surface area contributed by atoms with Gasteiger partial charge in [-0.2, -0.15) is 0 Å². The zero-order chi connectivity index (χ0) is 12.6. The molecule has 17 heavy (non-hydrogen) atoms. The largest absolute Gasteiger partial charge is 0.206 e. The highest BCUT2D eigenvalue weighted by Crippen LogP contribution is 2.36. The van der Waals surface area contributed by atoms with Gasteiger partial charge in [0.05, 0.1) is 18.6 Å². The highest BCUT2D eigenvalue weighted by Gasteiger charge is 2.11. The Hall–Kier alpha value is -0.0300. The minimum Gasteiger partial charge on any atom is -0.206 e. The summed E-state index contributed by atoms with van der Waals surface area (Å²) >= 11 is 19.7. The van der Waals surface area contributed by atoms with Crippen LogP contribution in [0.4, 0.5) is 4.39 Å². The lowest BCUT2D eigenvalue weighted by molar-refractivity contribution is 0.621. The minimum atomic E-state index is -0.273. The maximum Gasteiger partial charge on any atom is 0.137 e. The van der Waals surface area contributed by atoms with Crippen LogP contribution in [0.5, 0.6) is 0 Å². The summed E-state index contributed by atoms with van der Waals surface area (Å²) in [5.41, 5.74) is 1.49. The van der Waals surface area contributed by atoms with Crippen LogP contribution in [0.15, 0.2) is 30.3 Å². The molecule has 0 spiro atoms. The lowest BCUT2D eigenvalue weighted by Crippen LogP contribution is -1.88. The van der Waals surface area contributed by atoms with Crippen LogP contribution in [0.3, 0.4) is 0 Å². The maximum atomic E-state index is 13.4. The van der Waals surface area contributed by atoms with Gasteiger partial charge in [-0.05, 0) is 51.9 Å². The first-order valence-electron chi connectivity index (χ1n) is 4.59. The summed E-state index contributed by atoms with van der Waals surface area (Å²) in [6.45, 7) is 0. The van der Waals surface area contributed by atoms with E-state index in [1.807, 2.05) is 22.6 Å². The van der Waals surface area contributed by atoms with Crippen molar-refractivity contribution in [3.63, 3.8) is 0 Å². The molecule has 2 rings (SSSR count). The molecule has 0 unspecified atom stereocenters. The molecule has 88 valence electrons. The van der Waals surface area contributed by atoms with E-state index in [2.05, 4.69) is 0 Å². The van der Waals surface area contributed by atoms with E-state index in [1.54, 1.807) is 24.3 Å². The number of benzene rings is 2. The molecule has 0 aliphatic heterocycles. The third-order valence-electron chi connectivity index (χ3n) is 2.25. The monoisotopic (exact) mass is 400 g/mol. The maximum absolute atomic E-state index is 13.4. The van der Waals surface area contributed by atoms with E-state index in [9.17, 15) is 4.39 Å². The van der Waals surface area contributed by atoms with Gasteiger partial charge in [0.15, 0.2) is 0 Å². The van der Waals surface area contributed by atoms with Crippen molar-refractivity contribution >= 4 is 57.4 Å². The van der Waals surface area contributed by atoms with Gasteiger partial charge < -0.3 is 0 Å². The zero-order valence-electron chi connectivity index (χ0n) is 8.28. The Balaban J connectivity index is 2.65. The molecule has 0 aliphatic carbocycles. The molecule has 0 saturated carbocycles. The van der Waals surface area contributed by atoms with Crippen LogP contribution in [0, 0.1) is 9.39 Å². The molecule has 0 amide bonds. The van der Waals surface area contributed by atoms with E-state index in [0.29, 0.717) is 18.6 Å². The summed E-state index contributed by atoms with van der Waals surface area (Å²) in [7, 11) is 0. The van der Waals surface area contributed by atoms with Crippen molar-refractivity contribution in [1.82, 2.24) is 0 Å². The molecule has 0 heterocycles. The Labute approximate surface area is 127 Å². The molecule has 0 N–H and O–H groups in total. The molecule has 0 radical (unpaired) electrons. The molecule has 5 heteroatoms. The average Bonchev–Trinajstić information content (AvgIpc) is 2.29. The van der Waals surface area contributed by atoms with Crippen LogP contribution in [0.2, 0.25) is 15.1 Å². The lowest BCUT2D eigenvalue weighted by Gasteiger charge is -2.08. The predicted octanol–water partition coefficient (Wildman–Crippen LogP) is 6.06. The van der Waals surface area contributed by atoms with E-state index >= 15 is 0 Å². The van der Waals surface area contributed by atoms with Crippen LogP contribution in [0.1, 0.15) is 0 Å². The molecule has 0 atom stereocenters. The third-order valence-corrected chi connectivity index (χ3v) is 4.54. The molecule has 0 fully saturated rings. The van der Waals surface area contributed by atoms with Gasteiger partial charge in [-0.15, -0.1) is 0 Å². The average molecular weight is 401 g/mol. The predicted molar refractivity (Wildman–Crippen MR) is 79.6 cm³/mol. The highest BCUT2D eigenvalue weighted by atomic mass is 127. The van der Waals surface area contributed by atoms with E-state index in [0.717, 1.165) is 11.1 Å². The minimum absolute atomic E-state index is 0.273. The van der Waals surface area contributed by atoms with Crippen molar-refractivity contribution in [2.24, 2.45) is 0 Å². The van der Waals surface area contributed by atoms with Crippen LogP contribution >= 0.6 is 57.4 Å². The second kappa shape index (κ2) is 5.31. The summed E-state index contributed by atoms with van der Waals surface area (Å²) in [4.78, 5) is 0. The van der Waals surface area contributed by atoms with Gasteiger partial charge in [0.25, 0.3) is 0 Å². The molecule has 2 aromatic rings. The summed E-state index contributed by atoms with van der Waals surface area (Å²) in [6, 6.07) is 8.20. The SMILES string of the molecule is Fc1cccc(-c2cc(Cl)c(Cl)c(Cl)c2)c1I. The van der Waals surface area contributed by atoms with Crippen molar-refractivity contribution in [2.75, 3.05) is 0 Å². The first-order valence-corrected chi connectivity index (χ1v) is 6.81. The van der Waals surface area contributed by atoms with Crippen molar-refractivity contribution in [3.8, 4) is 11.1 Å². The molecule has 0 nitrogen and oxygen atoms in total. The third kappa shape index (κ3) is 2.70. The Morgan fingerprint density at radius 3 is 2.18 bits per heavy atom. The molecule has 0 bridgehead atoms. The van der Waals surface area contributed by atoms with Crippen molar-refractivity contribution < 1.29 is 4.39 Å². The first kappa shape index (κ1) is 13.4. The number of rotatable bonds is 1. The van der Waals surface area contributed by atoms with Crippen LogP contribution in [-0.4, -0.2) is 0 Å². The lowest BCUT2D eigenvalue weighted by atomic mass is 10.1. The molecular formula is C12H5Cl3FI. The van der Waals surface area contributed by atoms with Gasteiger partial charge in [-0.3, -0.25) is 0 Å². The smallest absolute Gasteiger partial charge is 0.137 e. The van der Waals surface area contributed by atoms with Gasteiger partial charge in [0.2, 0.25) is 0 Å². The van der Waals surface area contributed by atoms with Crippen molar-refractivity contribution in [2.45, 2.75) is 0 Å². The summed E-state index contributed by atoms with van der Waals surface area (Å²) in [6.07, 6.45) is 0. The van der Waals surface area contributed by atoms with E-state index in [1.165, 1.54) is 6.07 Å². The fourth-order valence-electron chi connectivity index (χ4n) is 1.44. The van der Waals surface area contributed by atoms with E-state index in [-0.39, 0.29) is 5.82 Å². The quantitative estimate of drug-likeness (QED) is 0.403. The van der Waals surface area contributed by atoms with Crippen LogP contribution in [-0.2, 0) is 0 Å². The fourth-order valence-corrected chi connectivity index (χ4v) is 2.70. The molecule has 0 aliphatic rings.